The van der Waals surface area contributed by atoms with Gasteiger partial charge in [0.2, 0.25) is 5.91 Å². The Kier molecular flexibility index (Phi) is 7.29. The van der Waals surface area contributed by atoms with Crippen LogP contribution in [0.15, 0.2) is 0 Å². The maximum atomic E-state index is 11.5. The van der Waals surface area contributed by atoms with Crippen molar-refractivity contribution < 1.29 is 14.3 Å². The minimum Gasteiger partial charge on any atom is -0.382 e. The topological polar surface area (TPSA) is 59.6 Å². The van der Waals surface area contributed by atoms with Gasteiger partial charge in [0.25, 0.3) is 0 Å². The number of methoxy groups -OCH3 is 1. The average molecular weight is 218 g/mol. The van der Waals surface area contributed by atoms with Crippen molar-refractivity contribution in [3.8, 4) is 0 Å². The first-order chi connectivity index (χ1) is 7.04. The van der Waals surface area contributed by atoms with Crippen LogP contribution < -0.4 is 10.6 Å². The Morgan fingerprint density at radius 2 is 1.93 bits per heavy atom. The molecule has 0 spiro atoms. The fourth-order valence-electron chi connectivity index (χ4n) is 0.816. The third kappa shape index (κ3) is 6.43. The predicted octanol–water partition coefficient (Wildman–Crippen LogP) is -0.236. The van der Waals surface area contributed by atoms with Gasteiger partial charge < -0.3 is 20.1 Å². The van der Waals surface area contributed by atoms with E-state index in [2.05, 4.69) is 10.6 Å². The molecule has 1 amide bonds. The van der Waals surface area contributed by atoms with Gasteiger partial charge in [0.15, 0.2) is 0 Å². The van der Waals surface area contributed by atoms with E-state index in [-0.39, 0.29) is 5.91 Å². The van der Waals surface area contributed by atoms with Gasteiger partial charge in [-0.05, 0) is 20.9 Å². The molecule has 0 aromatic rings. The van der Waals surface area contributed by atoms with Crippen molar-refractivity contribution >= 4 is 5.91 Å². The number of nitrogens with one attached hydrogen (secondary N) is 2. The first-order valence-corrected chi connectivity index (χ1v) is 5.08. The van der Waals surface area contributed by atoms with Crippen molar-refractivity contribution in [2.75, 3.05) is 40.5 Å². The quantitative estimate of drug-likeness (QED) is 0.552. The zero-order valence-electron chi connectivity index (χ0n) is 10.1. The largest absolute Gasteiger partial charge is 0.382 e. The number of ether oxygens (including phenoxy) is 2. The van der Waals surface area contributed by atoms with E-state index in [4.69, 9.17) is 9.47 Å². The zero-order valence-corrected chi connectivity index (χ0v) is 10.1. The molecular formula is C10H22N2O3. The summed E-state index contributed by atoms with van der Waals surface area (Å²) in [6, 6.07) is 0. The van der Waals surface area contributed by atoms with Gasteiger partial charge in [-0.2, -0.15) is 0 Å². The van der Waals surface area contributed by atoms with Gasteiger partial charge in [0.05, 0.1) is 25.4 Å². The van der Waals surface area contributed by atoms with Crippen LogP contribution in [0.25, 0.3) is 0 Å². The standard InChI is InChI=1S/C10H22N2O3/c1-10(2,11-3)9(13)12-5-6-15-8-7-14-4/h11H,5-8H2,1-4H3,(H,12,13). The molecule has 5 heteroatoms. The van der Waals surface area contributed by atoms with Crippen molar-refractivity contribution in [3.63, 3.8) is 0 Å². The number of carbonyl (C=O) groups is 1. The Hall–Kier alpha value is -0.650. The molecule has 0 fully saturated rings. The van der Waals surface area contributed by atoms with E-state index < -0.39 is 5.54 Å². The Bertz CT molecular complexity index is 184. The number of rotatable bonds is 8. The fourth-order valence-corrected chi connectivity index (χ4v) is 0.816. The molecule has 0 rings (SSSR count). The lowest BCUT2D eigenvalue weighted by atomic mass is 10.1. The molecule has 2 N–H and O–H groups in total. The lowest BCUT2D eigenvalue weighted by Gasteiger charge is -2.22. The number of amides is 1. The summed E-state index contributed by atoms with van der Waals surface area (Å²) in [5, 5.41) is 5.71. The van der Waals surface area contributed by atoms with Gasteiger partial charge >= 0.3 is 0 Å². The summed E-state index contributed by atoms with van der Waals surface area (Å²) in [6.45, 7) is 5.82. The maximum absolute atomic E-state index is 11.5. The first kappa shape index (κ1) is 14.3. The van der Waals surface area contributed by atoms with Gasteiger partial charge in [-0.15, -0.1) is 0 Å². The molecule has 0 radical (unpaired) electrons. The molecule has 0 saturated heterocycles. The molecule has 0 aromatic carbocycles. The van der Waals surface area contributed by atoms with Gasteiger partial charge in [-0.25, -0.2) is 0 Å². The molecule has 0 aliphatic heterocycles. The van der Waals surface area contributed by atoms with E-state index in [1.807, 2.05) is 13.8 Å². The summed E-state index contributed by atoms with van der Waals surface area (Å²) in [4.78, 5) is 11.5. The summed E-state index contributed by atoms with van der Waals surface area (Å²) in [5.74, 6) is -0.0275. The van der Waals surface area contributed by atoms with Crippen LogP contribution in [-0.4, -0.2) is 52.0 Å². The van der Waals surface area contributed by atoms with Crippen molar-refractivity contribution in [2.24, 2.45) is 0 Å². The molecular weight excluding hydrogens is 196 g/mol. The lowest BCUT2D eigenvalue weighted by Crippen LogP contribution is -2.51. The van der Waals surface area contributed by atoms with E-state index in [9.17, 15) is 4.79 Å². The summed E-state index contributed by atoms with van der Waals surface area (Å²) in [6.07, 6.45) is 0. The van der Waals surface area contributed by atoms with E-state index in [0.29, 0.717) is 26.4 Å². The average Bonchev–Trinajstić information content (AvgIpc) is 2.22. The summed E-state index contributed by atoms with van der Waals surface area (Å²) < 4.78 is 10.0. The van der Waals surface area contributed by atoms with Crippen molar-refractivity contribution in [1.82, 2.24) is 10.6 Å². The second-order valence-electron chi connectivity index (χ2n) is 3.74. The van der Waals surface area contributed by atoms with E-state index in [1.165, 1.54) is 0 Å². The van der Waals surface area contributed by atoms with Crippen LogP contribution in [0.2, 0.25) is 0 Å². The third-order valence-corrected chi connectivity index (χ3v) is 2.16. The van der Waals surface area contributed by atoms with Crippen LogP contribution >= 0.6 is 0 Å². The second kappa shape index (κ2) is 7.62. The minimum atomic E-state index is -0.535. The minimum absolute atomic E-state index is 0.0275. The van der Waals surface area contributed by atoms with Gasteiger partial charge in [0.1, 0.15) is 0 Å². The Labute approximate surface area is 91.5 Å². The van der Waals surface area contributed by atoms with Crippen molar-refractivity contribution in [2.45, 2.75) is 19.4 Å². The van der Waals surface area contributed by atoms with E-state index in [0.717, 1.165) is 0 Å². The molecule has 90 valence electrons. The summed E-state index contributed by atoms with van der Waals surface area (Å²) in [5.41, 5.74) is -0.535. The molecule has 15 heavy (non-hydrogen) atoms. The van der Waals surface area contributed by atoms with Crippen molar-refractivity contribution in [3.05, 3.63) is 0 Å². The predicted molar refractivity (Wildman–Crippen MR) is 58.8 cm³/mol. The molecule has 5 nitrogen and oxygen atoms in total. The van der Waals surface area contributed by atoms with Crippen LogP contribution in [0.4, 0.5) is 0 Å². The molecule has 0 saturated carbocycles. The van der Waals surface area contributed by atoms with Crippen LogP contribution in [-0.2, 0) is 14.3 Å². The van der Waals surface area contributed by atoms with Gasteiger partial charge in [-0.1, -0.05) is 0 Å². The molecule has 0 heterocycles. The highest BCUT2D eigenvalue weighted by Crippen LogP contribution is 1.99. The molecule has 0 bridgehead atoms. The first-order valence-electron chi connectivity index (χ1n) is 5.08. The van der Waals surface area contributed by atoms with Crippen LogP contribution in [0, 0.1) is 0 Å². The molecule has 0 atom stereocenters. The zero-order chi connectivity index (χ0) is 11.7. The van der Waals surface area contributed by atoms with Crippen LogP contribution in [0.3, 0.4) is 0 Å². The number of hydrogen-bond acceptors (Lipinski definition) is 4. The third-order valence-electron chi connectivity index (χ3n) is 2.16. The lowest BCUT2D eigenvalue weighted by molar-refractivity contribution is -0.126. The van der Waals surface area contributed by atoms with Gasteiger partial charge in [0, 0.05) is 13.7 Å². The monoisotopic (exact) mass is 218 g/mol. The fraction of sp³-hybridized carbons (Fsp3) is 0.900. The Morgan fingerprint density at radius 3 is 2.47 bits per heavy atom. The normalized spacial score (nSPS) is 11.5. The summed E-state index contributed by atoms with van der Waals surface area (Å²) >= 11 is 0. The van der Waals surface area contributed by atoms with Crippen LogP contribution in [0.1, 0.15) is 13.8 Å². The number of hydrogen-bond donors (Lipinski definition) is 2. The summed E-state index contributed by atoms with van der Waals surface area (Å²) in [7, 11) is 3.38. The highest BCUT2D eigenvalue weighted by atomic mass is 16.5. The van der Waals surface area contributed by atoms with E-state index >= 15 is 0 Å². The molecule has 0 aliphatic carbocycles. The molecule has 0 aromatic heterocycles. The maximum Gasteiger partial charge on any atom is 0.239 e. The van der Waals surface area contributed by atoms with Crippen molar-refractivity contribution in [1.29, 1.82) is 0 Å². The number of likely N-dealkylation sites (N-methyl/N-ethyl adjacent to an activating group) is 1. The number of carbonyl (C=O) groups excluding carboxylic acids is 1. The highest BCUT2D eigenvalue weighted by Gasteiger charge is 2.24. The Balaban J connectivity index is 3.47. The molecule has 0 unspecified atom stereocenters. The Morgan fingerprint density at radius 1 is 1.27 bits per heavy atom. The molecule has 0 aliphatic rings. The van der Waals surface area contributed by atoms with Gasteiger partial charge in [-0.3, -0.25) is 4.79 Å². The van der Waals surface area contributed by atoms with E-state index in [1.54, 1.807) is 14.2 Å². The second-order valence-corrected chi connectivity index (χ2v) is 3.74. The SMILES string of the molecule is CNC(C)(C)C(=O)NCCOCCOC. The van der Waals surface area contributed by atoms with Crippen LogP contribution in [0.5, 0.6) is 0 Å². The smallest absolute Gasteiger partial charge is 0.239 e. The highest BCUT2D eigenvalue weighted by molar-refractivity contribution is 5.85.